The van der Waals surface area contributed by atoms with Crippen molar-refractivity contribution in [3.05, 3.63) is 0 Å². The lowest BCUT2D eigenvalue weighted by molar-refractivity contribution is 0.160. The van der Waals surface area contributed by atoms with Crippen LogP contribution in [-0.2, 0) is 0 Å². The molecule has 4 nitrogen and oxygen atoms in total. The molecule has 0 bridgehead atoms. The third kappa shape index (κ3) is 8.18. The summed E-state index contributed by atoms with van der Waals surface area (Å²) in [5, 5.41) is 20.7. The number of rotatable bonds is 9. The maximum absolute atomic E-state index is 8.73. The van der Waals surface area contributed by atoms with Crippen molar-refractivity contribution in [3.63, 3.8) is 0 Å². The summed E-state index contributed by atoms with van der Waals surface area (Å²) in [5.41, 5.74) is 0. The normalized spacial score (nSPS) is 11.1. The van der Waals surface area contributed by atoms with Crippen LogP contribution in [0, 0.1) is 0 Å². The molecule has 0 aliphatic heterocycles. The number of hydrogen-bond acceptors (Lipinski definition) is 4. The summed E-state index contributed by atoms with van der Waals surface area (Å²) in [4.78, 5) is 2.07. The number of nitrogens with one attached hydrogen (secondary N) is 1. The molecule has 0 unspecified atom stereocenters. The van der Waals surface area contributed by atoms with Gasteiger partial charge in [0.15, 0.2) is 0 Å². The third-order valence-electron chi connectivity index (χ3n) is 1.91. The third-order valence-corrected chi connectivity index (χ3v) is 1.91. The molecule has 80 valence electrons. The van der Waals surface area contributed by atoms with E-state index in [4.69, 9.17) is 10.2 Å². The van der Waals surface area contributed by atoms with Crippen molar-refractivity contribution in [1.29, 1.82) is 0 Å². The highest BCUT2D eigenvalue weighted by molar-refractivity contribution is 4.57. The van der Waals surface area contributed by atoms with Crippen molar-refractivity contribution in [3.8, 4) is 0 Å². The number of aliphatic hydroxyl groups excluding tert-OH is 2. The number of nitrogens with zero attached hydrogens (tertiary/aromatic N) is 1. The first kappa shape index (κ1) is 12.8. The summed E-state index contributed by atoms with van der Waals surface area (Å²) >= 11 is 0. The monoisotopic (exact) mass is 190 g/mol. The highest BCUT2D eigenvalue weighted by Crippen LogP contribution is 1.89. The van der Waals surface area contributed by atoms with Crippen molar-refractivity contribution < 1.29 is 10.2 Å². The van der Waals surface area contributed by atoms with E-state index in [-0.39, 0.29) is 13.2 Å². The average molecular weight is 190 g/mol. The quantitative estimate of drug-likeness (QED) is 0.420. The Hall–Kier alpha value is -0.160. The minimum absolute atomic E-state index is 0.168. The van der Waals surface area contributed by atoms with Crippen LogP contribution in [0.15, 0.2) is 0 Å². The molecule has 0 aromatic carbocycles. The zero-order chi connectivity index (χ0) is 9.94. The highest BCUT2D eigenvalue weighted by Gasteiger charge is 2.01. The van der Waals surface area contributed by atoms with Gasteiger partial charge in [0.2, 0.25) is 0 Å². The summed E-state index contributed by atoms with van der Waals surface area (Å²) in [7, 11) is 0. The van der Waals surface area contributed by atoms with Gasteiger partial charge >= 0.3 is 0 Å². The molecule has 0 amide bonds. The van der Waals surface area contributed by atoms with Crippen LogP contribution < -0.4 is 5.32 Å². The van der Waals surface area contributed by atoms with Gasteiger partial charge in [0.25, 0.3) is 0 Å². The molecule has 3 N–H and O–H groups in total. The fourth-order valence-electron chi connectivity index (χ4n) is 1.22. The number of aliphatic hydroxyl groups is 2. The fourth-order valence-corrected chi connectivity index (χ4v) is 1.22. The molecule has 0 aromatic rings. The van der Waals surface area contributed by atoms with Crippen LogP contribution in [-0.4, -0.2) is 61.1 Å². The maximum atomic E-state index is 8.73. The van der Waals surface area contributed by atoms with Crippen molar-refractivity contribution in [2.75, 3.05) is 45.9 Å². The smallest absolute Gasteiger partial charge is 0.0558 e. The molecule has 0 spiro atoms. The zero-order valence-corrected chi connectivity index (χ0v) is 8.50. The molecule has 0 aliphatic carbocycles. The summed E-state index contributed by atoms with van der Waals surface area (Å²) in [6, 6.07) is 0. The average Bonchev–Trinajstić information content (AvgIpc) is 2.13. The lowest BCUT2D eigenvalue weighted by Crippen LogP contribution is -2.32. The van der Waals surface area contributed by atoms with Gasteiger partial charge in [-0.15, -0.1) is 0 Å². The Morgan fingerprint density at radius 1 is 1.08 bits per heavy atom. The van der Waals surface area contributed by atoms with Crippen LogP contribution in [0.2, 0.25) is 0 Å². The van der Waals surface area contributed by atoms with Crippen molar-refractivity contribution in [2.45, 2.75) is 13.3 Å². The minimum atomic E-state index is 0.168. The van der Waals surface area contributed by atoms with Crippen LogP contribution in [0.4, 0.5) is 0 Å². The highest BCUT2D eigenvalue weighted by atomic mass is 16.3. The summed E-state index contributed by atoms with van der Waals surface area (Å²) < 4.78 is 0. The Morgan fingerprint density at radius 2 is 1.69 bits per heavy atom. The fraction of sp³-hybridized carbons (Fsp3) is 1.00. The van der Waals surface area contributed by atoms with Crippen LogP contribution in [0.25, 0.3) is 0 Å². The van der Waals surface area contributed by atoms with Gasteiger partial charge in [-0.1, -0.05) is 6.92 Å². The molecule has 0 saturated heterocycles. The van der Waals surface area contributed by atoms with E-state index in [0.717, 1.165) is 26.1 Å². The SMILES string of the molecule is CCNCCCN(CCO)CCO. The molecule has 0 aromatic heterocycles. The van der Waals surface area contributed by atoms with Gasteiger partial charge in [0.1, 0.15) is 0 Å². The maximum Gasteiger partial charge on any atom is 0.0558 e. The van der Waals surface area contributed by atoms with E-state index in [1.54, 1.807) is 0 Å². The van der Waals surface area contributed by atoms with E-state index >= 15 is 0 Å². The Kier molecular flexibility index (Phi) is 9.80. The predicted octanol–water partition coefficient (Wildman–Crippen LogP) is -0.727. The topological polar surface area (TPSA) is 55.7 Å². The largest absolute Gasteiger partial charge is 0.395 e. The van der Waals surface area contributed by atoms with Crippen LogP contribution in [0.1, 0.15) is 13.3 Å². The minimum Gasteiger partial charge on any atom is -0.395 e. The number of hydrogen-bond donors (Lipinski definition) is 3. The van der Waals surface area contributed by atoms with E-state index in [2.05, 4.69) is 17.1 Å². The van der Waals surface area contributed by atoms with E-state index < -0.39 is 0 Å². The van der Waals surface area contributed by atoms with Gasteiger partial charge in [0, 0.05) is 13.1 Å². The second kappa shape index (κ2) is 9.92. The van der Waals surface area contributed by atoms with Gasteiger partial charge in [-0.05, 0) is 26.1 Å². The zero-order valence-electron chi connectivity index (χ0n) is 8.50. The summed E-state index contributed by atoms with van der Waals surface area (Å²) in [6.45, 7) is 6.68. The summed E-state index contributed by atoms with van der Waals surface area (Å²) in [6.07, 6.45) is 1.06. The second-order valence-electron chi connectivity index (χ2n) is 3.00. The second-order valence-corrected chi connectivity index (χ2v) is 3.00. The van der Waals surface area contributed by atoms with Crippen LogP contribution in [0.5, 0.6) is 0 Å². The van der Waals surface area contributed by atoms with Gasteiger partial charge < -0.3 is 15.5 Å². The predicted molar refractivity (Wildman–Crippen MR) is 53.8 cm³/mol. The molecular formula is C9H22N2O2. The van der Waals surface area contributed by atoms with Crippen LogP contribution >= 0.6 is 0 Å². The molecular weight excluding hydrogens is 168 g/mol. The molecule has 0 fully saturated rings. The van der Waals surface area contributed by atoms with E-state index in [1.807, 2.05) is 0 Å². The van der Waals surface area contributed by atoms with Crippen molar-refractivity contribution >= 4 is 0 Å². The van der Waals surface area contributed by atoms with Crippen molar-refractivity contribution in [1.82, 2.24) is 10.2 Å². The van der Waals surface area contributed by atoms with E-state index in [1.165, 1.54) is 0 Å². The van der Waals surface area contributed by atoms with Gasteiger partial charge in [-0.3, -0.25) is 4.90 Å². The lowest BCUT2D eigenvalue weighted by Gasteiger charge is -2.19. The lowest BCUT2D eigenvalue weighted by atomic mass is 10.3. The van der Waals surface area contributed by atoms with E-state index in [0.29, 0.717) is 13.1 Å². The molecule has 0 heterocycles. The molecule has 0 aliphatic rings. The molecule has 0 saturated carbocycles. The van der Waals surface area contributed by atoms with Gasteiger partial charge in [0.05, 0.1) is 13.2 Å². The van der Waals surface area contributed by atoms with Crippen molar-refractivity contribution in [2.24, 2.45) is 0 Å². The molecule has 0 atom stereocenters. The van der Waals surface area contributed by atoms with Gasteiger partial charge in [-0.2, -0.15) is 0 Å². The van der Waals surface area contributed by atoms with Crippen LogP contribution in [0.3, 0.4) is 0 Å². The molecule has 13 heavy (non-hydrogen) atoms. The first-order chi connectivity index (χ1) is 6.35. The molecule has 4 heteroatoms. The Labute approximate surface area is 80.6 Å². The molecule has 0 radical (unpaired) electrons. The van der Waals surface area contributed by atoms with Gasteiger partial charge in [-0.25, -0.2) is 0 Å². The molecule has 0 rings (SSSR count). The standard InChI is InChI=1S/C9H22N2O2/c1-2-10-4-3-5-11(6-8-12)7-9-13/h10,12-13H,2-9H2,1H3. The Bertz CT molecular complexity index is 95.6. The first-order valence-electron chi connectivity index (χ1n) is 5.00. The van der Waals surface area contributed by atoms with E-state index in [9.17, 15) is 0 Å². The Balaban J connectivity index is 3.33. The summed E-state index contributed by atoms with van der Waals surface area (Å²) in [5.74, 6) is 0. The first-order valence-corrected chi connectivity index (χ1v) is 5.00. The Morgan fingerprint density at radius 3 is 2.15 bits per heavy atom.